The summed E-state index contributed by atoms with van der Waals surface area (Å²) in [6.07, 6.45) is -7.70. The van der Waals surface area contributed by atoms with Gasteiger partial charge in [0.05, 0.1) is 13.2 Å². The van der Waals surface area contributed by atoms with Gasteiger partial charge in [-0.3, -0.25) is 14.4 Å². The summed E-state index contributed by atoms with van der Waals surface area (Å²) in [5.41, 5.74) is 0.748. The van der Waals surface area contributed by atoms with Crippen molar-refractivity contribution in [3.63, 3.8) is 0 Å². The van der Waals surface area contributed by atoms with Crippen LogP contribution in [0.15, 0.2) is 30.3 Å². The van der Waals surface area contributed by atoms with Gasteiger partial charge in [0, 0.05) is 20.8 Å². The normalized spacial score (nSPS) is 25.7. The van der Waals surface area contributed by atoms with Crippen LogP contribution in [0.1, 0.15) is 26.3 Å². The van der Waals surface area contributed by atoms with Gasteiger partial charge in [-0.15, -0.1) is 0 Å². The minimum absolute atomic E-state index is 0.0284. The van der Waals surface area contributed by atoms with E-state index in [0.717, 1.165) is 26.3 Å². The summed E-state index contributed by atoms with van der Waals surface area (Å²) in [4.78, 5) is 34.1. The van der Waals surface area contributed by atoms with Gasteiger partial charge in [-0.25, -0.2) is 0 Å². The van der Waals surface area contributed by atoms with Gasteiger partial charge in [0.2, 0.25) is 18.5 Å². The molecule has 0 radical (unpaired) electrons. The smallest absolute Gasteiger partial charge is 0.316 e. The zero-order chi connectivity index (χ0) is 21.6. The summed E-state index contributed by atoms with van der Waals surface area (Å²) < 4.78 is 55.0. The van der Waals surface area contributed by atoms with Gasteiger partial charge in [-0.2, -0.15) is 8.78 Å². The Balaban J connectivity index is 2.22. The Kier molecular flexibility index (Phi) is 7.63. The molecule has 4 atom stereocenters. The van der Waals surface area contributed by atoms with Crippen LogP contribution in [0.5, 0.6) is 0 Å². The molecule has 10 heteroatoms. The lowest BCUT2D eigenvalue weighted by Crippen LogP contribution is -2.65. The molecule has 160 valence electrons. The quantitative estimate of drug-likeness (QED) is 0.492. The molecule has 1 aliphatic rings. The third-order valence-electron chi connectivity index (χ3n) is 3.93. The van der Waals surface area contributed by atoms with E-state index < -0.39 is 55.0 Å². The van der Waals surface area contributed by atoms with Crippen LogP contribution in [-0.4, -0.2) is 55.0 Å². The van der Waals surface area contributed by atoms with Crippen LogP contribution >= 0.6 is 0 Å². The first-order valence-electron chi connectivity index (χ1n) is 8.78. The Morgan fingerprint density at radius 2 is 1.55 bits per heavy atom. The van der Waals surface area contributed by atoms with Crippen LogP contribution < -0.4 is 0 Å². The molecular weight excluding hydrogens is 394 g/mol. The highest BCUT2D eigenvalue weighted by molar-refractivity contribution is 5.68. The van der Waals surface area contributed by atoms with Gasteiger partial charge in [0.25, 0.3) is 0 Å². The zero-order valence-corrected chi connectivity index (χ0v) is 16.1. The minimum Gasteiger partial charge on any atom is -0.452 e. The number of rotatable bonds is 7. The second-order valence-electron chi connectivity index (χ2n) is 6.38. The van der Waals surface area contributed by atoms with E-state index in [1.807, 2.05) is 0 Å². The highest BCUT2D eigenvalue weighted by Crippen LogP contribution is 2.39. The number of alkyl halides is 2. The molecule has 0 N–H and O–H groups in total. The Hall–Kier alpha value is -2.59. The molecule has 1 aromatic rings. The van der Waals surface area contributed by atoms with E-state index in [4.69, 9.17) is 23.7 Å². The van der Waals surface area contributed by atoms with Gasteiger partial charge in [0.1, 0.15) is 0 Å². The van der Waals surface area contributed by atoms with Crippen molar-refractivity contribution < 1.29 is 46.8 Å². The minimum atomic E-state index is -3.79. The largest absolute Gasteiger partial charge is 0.452 e. The third-order valence-corrected chi connectivity index (χ3v) is 3.93. The predicted octanol–water partition coefficient (Wildman–Crippen LogP) is 1.99. The molecule has 8 nitrogen and oxygen atoms in total. The van der Waals surface area contributed by atoms with Crippen molar-refractivity contribution in [3.8, 4) is 0 Å². The standard InChI is InChI=1S/C19H22F2O8/c1-11(22)26-16-17(27-12(2)23)19(20,21)15(29-18(16)28-13(3)24)10-25-9-14-7-5-4-6-8-14/h4-8,15-18H,9-10H2,1-3H3/t15-,16-,17-,18?/m0/s1. The fraction of sp³-hybridized carbons (Fsp3) is 0.526. The van der Waals surface area contributed by atoms with Crippen LogP contribution in [0.2, 0.25) is 0 Å². The summed E-state index contributed by atoms with van der Waals surface area (Å²) in [7, 11) is 0. The first kappa shape index (κ1) is 22.7. The molecule has 0 saturated carbocycles. The van der Waals surface area contributed by atoms with E-state index in [0.29, 0.717) is 0 Å². The maximum absolute atomic E-state index is 15.0. The van der Waals surface area contributed by atoms with E-state index in [2.05, 4.69) is 0 Å². The Bertz CT molecular complexity index is 724. The number of esters is 3. The lowest BCUT2D eigenvalue weighted by molar-refractivity contribution is -0.341. The molecule has 0 amide bonds. The topological polar surface area (TPSA) is 97.4 Å². The monoisotopic (exact) mass is 416 g/mol. The summed E-state index contributed by atoms with van der Waals surface area (Å²) in [6, 6.07) is 8.83. The van der Waals surface area contributed by atoms with Gasteiger partial charge in [-0.1, -0.05) is 30.3 Å². The van der Waals surface area contributed by atoms with Crippen molar-refractivity contribution in [2.45, 2.75) is 57.9 Å². The van der Waals surface area contributed by atoms with Gasteiger partial charge in [-0.05, 0) is 5.56 Å². The van der Waals surface area contributed by atoms with Gasteiger partial charge >= 0.3 is 23.8 Å². The van der Waals surface area contributed by atoms with Crippen LogP contribution in [0.4, 0.5) is 8.78 Å². The van der Waals surface area contributed by atoms with Crippen molar-refractivity contribution in [1.82, 2.24) is 0 Å². The lowest BCUT2D eigenvalue weighted by atomic mass is 9.97. The first-order valence-corrected chi connectivity index (χ1v) is 8.78. The molecule has 1 unspecified atom stereocenters. The molecule has 1 heterocycles. The van der Waals surface area contributed by atoms with Crippen molar-refractivity contribution in [2.75, 3.05) is 6.61 Å². The van der Waals surface area contributed by atoms with Crippen molar-refractivity contribution in [1.29, 1.82) is 0 Å². The van der Waals surface area contributed by atoms with E-state index in [1.165, 1.54) is 0 Å². The molecule has 1 aromatic carbocycles. The van der Waals surface area contributed by atoms with E-state index in [9.17, 15) is 14.4 Å². The zero-order valence-electron chi connectivity index (χ0n) is 16.1. The predicted molar refractivity (Wildman–Crippen MR) is 92.6 cm³/mol. The molecule has 0 bridgehead atoms. The number of hydrogen-bond donors (Lipinski definition) is 0. The number of hydrogen-bond acceptors (Lipinski definition) is 8. The second-order valence-corrected chi connectivity index (χ2v) is 6.38. The Morgan fingerprint density at radius 1 is 0.966 bits per heavy atom. The number of carbonyl (C=O) groups excluding carboxylic acids is 3. The maximum atomic E-state index is 15.0. The summed E-state index contributed by atoms with van der Waals surface area (Å²) >= 11 is 0. The molecule has 2 rings (SSSR count). The van der Waals surface area contributed by atoms with E-state index >= 15 is 8.78 Å². The maximum Gasteiger partial charge on any atom is 0.316 e. The molecule has 1 saturated heterocycles. The summed E-state index contributed by atoms with van der Waals surface area (Å²) in [5, 5.41) is 0. The molecule has 0 aromatic heterocycles. The van der Waals surface area contributed by atoms with Crippen LogP contribution in [0.3, 0.4) is 0 Å². The fourth-order valence-corrected chi connectivity index (χ4v) is 2.78. The average Bonchev–Trinajstić information content (AvgIpc) is 2.62. The number of halogens is 2. The molecule has 29 heavy (non-hydrogen) atoms. The van der Waals surface area contributed by atoms with Crippen molar-refractivity contribution in [2.24, 2.45) is 0 Å². The summed E-state index contributed by atoms with van der Waals surface area (Å²) in [6.45, 7) is 2.37. The lowest BCUT2D eigenvalue weighted by Gasteiger charge is -2.44. The SMILES string of the molecule is CC(=O)OC1O[C@@H](COCc2ccccc2)C(F)(F)[C@@H](OC(C)=O)[C@@H]1OC(C)=O. The Labute approximate surface area is 166 Å². The number of carbonyl (C=O) groups is 3. The second kappa shape index (κ2) is 9.75. The molecular formula is C19H22F2O8. The molecule has 1 fully saturated rings. The van der Waals surface area contributed by atoms with Crippen LogP contribution in [-0.2, 0) is 44.7 Å². The Morgan fingerprint density at radius 3 is 2.10 bits per heavy atom. The fourth-order valence-electron chi connectivity index (χ4n) is 2.78. The van der Waals surface area contributed by atoms with E-state index in [1.54, 1.807) is 30.3 Å². The van der Waals surface area contributed by atoms with Crippen LogP contribution in [0, 0.1) is 0 Å². The first-order chi connectivity index (χ1) is 13.6. The highest BCUT2D eigenvalue weighted by Gasteiger charge is 2.63. The molecule has 1 aliphatic heterocycles. The third kappa shape index (κ3) is 6.20. The van der Waals surface area contributed by atoms with Gasteiger partial charge < -0.3 is 23.7 Å². The number of ether oxygens (including phenoxy) is 5. The van der Waals surface area contributed by atoms with Crippen LogP contribution in [0.25, 0.3) is 0 Å². The average molecular weight is 416 g/mol. The molecule has 0 aliphatic carbocycles. The molecule has 0 spiro atoms. The number of benzene rings is 1. The summed E-state index contributed by atoms with van der Waals surface area (Å²) in [5.74, 6) is -6.62. The highest BCUT2D eigenvalue weighted by atomic mass is 19.3. The van der Waals surface area contributed by atoms with Gasteiger partial charge in [0.15, 0.2) is 6.10 Å². The van der Waals surface area contributed by atoms with E-state index in [-0.39, 0.29) is 6.61 Å². The van der Waals surface area contributed by atoms with Crippen molar-refractivity contribution >= 4 is 17.9 Å². The van der Waals surface area contributed by atoms with Crippen molar-refractivity contribution in [3.05, 3.63) is 35.9 Å².